The minimum Gasteiger partial charge on any atom is -0.462 e. The Hall–Kier alpha value is -2.15. The Bertz CT molecular complexity index is 690. The molecule has 2 aromatic heterocycles. The van der Waals surface area contributed by atoms with E-state index in [-0.39, 0.29) is 12.0 Å². The van der Waals surface area contributed by atoms with Crippen molar-refractivity contribution in [2.75, 3.05) is 11.9 Å². The first kappa shape index (κ1) is 14.8. The van der Waals surface area contributed by atoms with Gasteiger partial charge in [-0.2, -0.15) is 10.1 Å². The number of unbranched alkanes of at least 4 members (excludes halogenated alkanes) is 1. The van der Waals surface area contributed by atoms with E-state index in [2.05, 4.69) is 22.3 Å². The summed E-state index contributed by atoms with van der Waals surface area (Å²) in [6, 6.07) is 3.68. The van der Waals surface area contributed by atoms with Gasteiger partial charge in [-0.3, -0.25) is 0 Å². The zero-order valence-corrected chi connectivity index (χ0v) is 13.4. The number of fused-ring (bicyclic) bond motifs is 1. The minimum atomic E-state index is -0.294. The monoisotopic (exact) mass is 318 g/mol. The lowest BCUT2D eigenvalue weighted by molar-refractivity contribution is -0.139. The van der Waals surface area contributed by atoms with E-state index in [0.717, 1.165) is 23.4 Å². The Labute approximate surface area is 132 Å². The van der Waals surface area contributed by atoms with Gasteiger partial charge >= 0.3 is 5.97 Å². The maximum atomic E-state index is 12.5. The van der Waals surface area contributed by atoms with Crippen molar-refractivity contribution in [1.82, 2.24) is 14.8 Å². The van der Waals surface area contributed by atoms with Crippen LogP contribution >= 0.6 is 11.3 Å². The second-order valence-corrected chi connectivity index (χ2v) is 6.08. The van der Waals surface area contributed by atoms with Crippen molar-refractivity contribution in [3.8, 4) is 0 Å². The third-order valence-electron chi connectivity index (χ3n) is 3.56. The molecule has 3 heterocycles. The van der Waals surface area contributed by atoms with Crippen molar-refractivity contribution in [3.63, 3.8) is 0 Å². The lowest BCUT2D eigenvalue weighted by Gasteiger charge is -2.27. The smallest absolute Gasteiger partial charge is 0.338 e. The molecule has 2 aromatic rings. The highest BCUT2D eigenvalue weighted by Gasteiger charge is 2.34. The number of aromatic nitrogens is 3. The van der Waals surface area contributed by atoms with Crippen LogP contribution < -0.4 is 5.32 Å². The van der Waals surface area contributed by atoms with E-state index in [1.807, 2.05) is 24.4 Å². The maximum Gasteiger partial charge on any atom is 0.338 e. The maximum absolute atomic E-state index is 12.5. The van der Waals surface area contributed by atoms with E-state index in [0.29, 0.717) is 18.1 Å². The first-order chi connectivity index (χ1) is 10.7. The van der Waals surface area contributed by atoms with Gasteiger partial charge < -0.3 is 10.1 Å². The van der Waals surface area contributed by atoms with E-state index >= 15 is 0 Å². The summed E-state index contributed by atoms with van der Waals surface area (Å²) in [7, 11) is 0. The number of hydrogen-bond acceptors (Lipinski definition) is 6. The van der Waals surface area contributed by atoms with Gasteiger partial charge in [0.15, 0.2) is 0 Å². The molecule has 1 N–H and O–H groups in total. The molecule has 0 aliphatic carbocycles. The van der Waals surface area contributed by atoms with Gasteiger partial charge in [0.05, 0.1) is 12.2 Å². The first-order valence-corrected chi connectivity index (χ1v) is 8.18. The zero-order chi connectivity index (χ0) is 15.5. The molecule has 0 aromatic carbocycles. The van der Waals surface area contributed by atoms with E-state index < -0.39 is 0 Å². The molecule has 7 heteroatoms. The summed E-state index contributed by atoms with van der Waals surface area (Å²) in [6.07, 6.45) is 3.34. The number of hydrogen-bond donors (Lipinski definition) is 1. The standard InChI is InChI=1S/C15H18N4O2S/c1-3-4-7-21-14(20)12-10(2)18-15-16-9-17-19(15)13(12)11-6-5-8-22-11/h5-6,8-9,13H,3-4,7H2,1-2H3,(H,16,17,18)/t13-/m0/s1. The van der Waals surface area contributed by atoms with Crippen LogP contribution in [0, 0.1) is 0 Å². The summed E-state index contributed by atoms with van der Waals surface area (Å²) in [5.74, 6) is 0.346. The molecule has 1 aliphatic heterocycles. The molecule has 0 amide bonds. The van der Waals surface area contributed by atoms with Crippen LogP contribution in [0.1, 0.15) is 37.6 Å². The topological polar surface area (TPSA) is 69.0 Å². The van der Waals surface area contributed by atoms with Gasteiger partial charge in [0.25, 0.3) is 0 Å². The predicted octanol–water partition coefficient (Wildman–Crippen LogP) is 2.97. The Kier molecular flexibility index (Phi) is 4.24. The second kappa shape index (κ2) is 6.31. The molecule has 22 heavy (non-hydrogen) atoms. The average molecular weight is 318 g/mol. The third-order valence-corrected chi connectivity index (χ3v) is 4.48. The molecule has 0 spiro atoms. The van der Waals surface area contributed by atoms with Gasteiger partial charge in [0.2, 0.25) is 5.95 Å². The molecule has 0 saturated carbocycles. The van der Waals surface area contributed by atoms with Gasteiger partial charge in [0, 0.05) is 10.6 Å². The predicted molar refractivity (Wildman–Crippen MR) is 84.7 cm³/mol. The van der Waals surface area contributed by atoms with Crippen molar-refractivity contribution in [1.29, 1.82) is 0 Å². The number of nitrogens with one attached hydrogen (secondary N) is 1. The quantitative estimate of drug-likeness (QED) is 0.678. The normalized spacial score (nSPS) is 17.1. The Morgan fingerprint density at radius 3 is 3.14 bits per heavy atom. The summed E-state index contributed by atoms with van der Waals surface area (Å²) in [6.45, 7) is 4.37. The van der Waals surface area contributed by atoms with Crippen molar-refractivity contribution < 1.29 is 9.53 Å². The molecule has 1 aliphatic rings. The van der Waals surface area contributed by atoms with Crippen LogP contribution in [0.4, 0.5) is 5.95 Å². The zero-order valence-electron chi connectivity index (χ0n) is 12.6. The van der Waals surface area contributed by atoms with Crippen LogP contribution in [0.15, 0.2) is 35.1 Å². The fourth-order valence-corrected chi connectivity index (χ4v) is 3.27. The molecule has 0 unspecified atom stereocenters. The largest absolute Gasteiger partial charge is 0.462 e. The number of rotatable bonds is 5. The van der Waals surface area contributed by atoms with Crippen molar-refractivity contribution in [2.45, 2.75) is 32.7 Å². The lowest BCUT2D eigenvalue weighted by Crippen LogP contribution is -2.29. The number of nitrogens with zero attached hydrogens (tertiary/aromatic N) is 3. The van der Waals surface area contributed by atoms with Crippen molar-refractivity contribution >= 4 is 23.3 Å². The van der Waals surface area contributed by atoms with E-state index in [1.54, 1.807) is 16.0 Å². The van der Waals surface area contributed by atoms with Crippen molar-refractivity contribution in [2.24, 2.45) is 0 Å². The molecule has 3 rings (SSSR count). The van der Waals surface area contributed by atoms with E-state index in [9.17, 15) is 4.79 Å². The molecule has 0 fully saturated rings. The van der Waals surface area contributed by atoms with Crippen molar-refractivity contribution in [3.05, 3.63) is 40.0 Å². The Balaban J connectivity index is 1.96. The summed E-state index contributed by atoms with van der Waals surface area (Å²) in [5.41, 5.74) is 1.36. The fourth-order valence-electron chi connectivity index (χ4n) is 2.45. The minimum absolute atomic E-state index is 0.284. The molecule has 6 nitrogen and oxygen atoms in total. The molecular weight excluding hydrogens is 300 g/mol. The molecular formula is C15H18N4O2S. The molecule has 0 saturated heterocycles. The van der Waals surface area contributed by atoms with E-state index in [4.69, 9.17) is 4.74 Å². The lowest BCUT2D eigenvalue weighted by atomic mass is 10.0. The number of carbonyl (C=O) groups is 1. The summed E-state index contributed by atoms with van der Waals surface area (Å²) >= 11 is 1.59. The van der Waals surface area contributed by atoms with Gasteiger partial charge in [-0.25, -0.2) is 9.48 Å². The average Bonchev–Trinajstić information content (AvgIpc) is 3.16. The first-order valence-electron chi connectivity index (χ1n) is 7.30. The highest BCUT2D eigenvalue weighted by atomic mass is 32.1. The summed E-state index contributed by atoms with van der Waals surface area (Å²) < 4.78 is 7.15. The highest BCUT2D eigenvalue weighted by Crippen LogP contribution is 2.36. The summed E-state index contributed by atoms with van der Waals surface area (Å²) in [4.78, 5) is 17.8. The Morgan fingerprint density at radius 2 is 2.41 bits per heavy atom. The van der Waals surface area contributed by atoms with Gasteiger partial charge in [0.1, 0.15) is 12.4 Å². The SMILES string of the molecule is CCCCOC(=O)C1=C(C)Nc2ncnn2[C@H]1c1cccs1. The van der Waals surface area contributed by atoms with Crippen LogP contribution in [0.3, 0.4) is 0 Å². The molecule has 116 valence electrons. The van der Waals surface area contributed by atoms with Gasteiger partial charge in [-0.05, 0) is 24.8 Å². The van der Waals surface area contributed by atoms with Crippen LogP contribution in [0.2, 0.25) is 0 Å². The fraction of sp³-hybridized carbons (Fsp3) is 0.400. The number of esters is 1. The third kappa shape index (κ3) is 2.64. The molecule has 0 bridgehead atoms. The van der Waals surface area contributed by atoms with Crippen LogP contribution in [0.25, 0.3) is 0 Å². The molecule has 1 atom stereocenters. The molecule has 0 radical (unpaired) electrons. The van der Waals surface area contributed by atoms with E-state index in [1.165, 1.54) is 6.33 Å². The number of thiophene rings is 1. The van der Waals surface area contributed by atoms with Gasteiger partial charge in [-0.1, -0.05) is 19.4 Å². The van der Waals surface area contributed by atoms with Crippen LogP contribution in [-0.2, 0) is 9.53 Å². The number of allylic oxidation sites excluding steroid dienone is 1. The number of carbonyl (C=O) groups excluding carboxylic acids is 1. The number of ether oxygens (including phenoxy) is 1. The second-order valence-electron chi connectivity index (χ2n) is 5.10. The van der Waals surface area contributed by atoms with Crippen LogP contribution in [0.5, 0.6) is 0 Å². The summed E-state index contributed by atoms with van der Waals surface area (Å²) in [5, 5.41) is 9.38. The Morgan fingerprint density at radius 1 is 1.55 bits per heavy atom. The highest BCUT2D eigenvalue weighted by molar-refractivity contribution is 7.10. The number of anilines is 1. The van der Waals surface area contributed by atoms with Crippen LogP contribution in [-0.4, -0.2) is 27.3 Å². The van der Waals surface area contributed by atoms with Gasteiger partial charge in [-0.15, -0.1) is 11.3 Å².